The number of halogens is 1. The van der Waals surface area contributed by atoms with Crippen molar-refractivity contribution in [2.24, 2.45) is 5.18 Å². The zero-order valence-electron chi connectivity index (χ0n) is 16.1. The van der Waals surface area contributed by atoms with Crippen LogP contribution in [-0.2, 0) is 6.54 Å². The van der Waals surface area contributed by atoms with Gasteiger partial charge in [-0.2, -0.15) is 4.91 Å². The Balaban J connectivity index is 2.06. The van der Waals surface area contributed by atoms with E-state index in [1.54, 1.807) is 32.5 Å². The number of benzene rings is 2. The van der Waals surface area contributed by atoms with Crippen molar-refractivity contribution in [2.45, 2.75) is 13.5 Å². The van der Waals surface area contributed by atoms with Gasteiger partial charge in [0.1, 0.15) is 23.4 Å². The molecule has 148 valence electrons. The molecule has 8 nitrogen and oxygen atoms in total. The summed E-state index contributed by atoms with van der Waals surface area (Å²) in [5, 5.41) is 6.88. The molecule has 29 heavy (non-hydrogen) atoms. The number of hydrogen-bond donors (Lipinski definition) is 1. The number of aromatic nitrogens is 3. The van der Waals surface area contributed by atoms with E-state index >= 15 is 0 Å². The Hall–Kier alpha value is -3.39. The molecule has 0 saturated heterocycles. The SMILES string of the molecule is COc1ccc2c(nc(Nc3c(C)cccc3Cl)c3cnc(CN=O)n32)c1OC. The average molecular weight is 412 g/mol. The molecular formula is C20H18ClN5O3. The van der Waals surface area contributed by atoms with E-state index in [-0.39, 0.29) is 6.54 Å². The Bertz CT molecular complexity index is 1220. The summed E-state index contributed by atoms with van der Waals surface area (Å²) in [5.74, 6) is 2.03. The first-order valence-corrected chi connectivity index (χ1v) is 9.19. The van der Waals surface area contributed by atoms with E-state index in [1.807, 2.05) is 29.5 Å². The summed E-state index contributed by atoms with van der Waals surface area (Å²) < 4.78 is 12.8. The highest BCUT2D eigenvalue weighted by atomic mass is 35.5. The van der Waals surface area contributed by atoms with Crippen LogP contribution in [0.1, 0.15) is 11.4 Å². The Morgan fingerprint density at radius 1 is 1.17 bits per heavy atom. The minimum Gasteiger partial charge on any atom is -0.493 e. The minimum atomic E-state index is -0.0772. The Morgan fingerprint density at radius 2 is 2.00 bits per heavy atom. The number of rotatable bonds is 6. The van der Waals surface area contributed by atoms with Crippen LogP contribution in [0.4, 0.5) is 11.5 Å². The molecule has 0 bridgehead atoms. The van der Waals surface area contributed by atoms with Crippen molar-refractivity contribution >= 4 is 39.7 Å². The number of para-hydroxylation sites is 1. The van der Waals surface area contributed by atoms with Gasteiger partial charge < -0.3 is 14.8 Å². The number of aryl methyl sites for hydroxylation is 1. The van der Waals surface area contributed by atoms with Gasteiger partial charge in [-0.05, 0) is 30.7 Å². The van der Waals surface area contributed by atoms with Crippen molar-refractivity contribution in [1.29, 1.82) is 0 Å². The van der Waals surface area contributed by atoms with Crippen LogP contribution in [-0.4, -0.2) is 28.6 Å². The number of ether oxygens (including phenoxy) is 2. The van der Waals surface area contributed by atoms with Crippen LogP contribution in [0.5, 0.6) is 11.5 Å². The van der Waals surface area contributed by atoms with E-state index in [2.05, 4.69) is 15.5 Å². The molecule has 0 radical (unpaired) electrons. The minimum absolute atomic E-state index is 0.0772. The van der Waals surface area contributed by atoms with E-state index in [1.165, 1.54) is 0 Å². The van der Waals surface area contributed by atoms with Crippen molar-refractivity contribution in [3.05, 3.63) is 57.8 Å². The second kappa shape index (κ2) is 7.56. The molecule has 0 aliphatic heterocycles. The van der Waals surface area contributed by atoms with Gasteiger partial charge in [0.05, 0.1) is 36.6 Å². The van der Waals surface area contributed by atoms with Gasteiger partial charge in [0.25, 0.3) is 0 Å². The largest absolute Gasteiger partial charge is 0.493 e. The predicted molar refractivity (Wildman–Crippen MR) is 113 cm³/mol. The number of fused-ring (bicyclic) bond motifs is 3. The fraction of sp³-hybridized carbons (Fsp3) is 0.200. The molecule has 2 aromatic carbocycles. The van der Waals surface area contributed by atoms with Gasteiger partial charge in [0.15, 0.2) is 17.3 Å². The van der Waals surface area contributed by atoms with E-state index in [4.69, 9.17) is 26.1 Å². The van der Waals surface area contributed by atoms with Gasteiger partial charge >= 0.3 is 0 Å². The predicted octanol–water partition coefficient (Wildman–Crippen LogP) is 4.87. The third kappa shape index (κ3) is 3.11. The van der Waals surface area contributed by atoms with Gasteiger partial charge in [-0.3, -0.25) is 4.40 Å². The van der Waals surface area contributed by atoms with Gasteiger partial charge in [-0.1, -0.05) is 28.9 Å². The maximum absolute atomic E-state index is 10.9. The van der Waals surface area contributed by atoms with E-state index in [9.17, 15) is 4.91 Å². The molecular weight excluding hydrogens is 394 g/mol. The van der Waals surface area contributed by atoms with Crippen LogP contribution in [0.2, 0.25) is 5.02 Å². The number of nitroso groups, excluding NO2 is 1. The number of anilines is 2. The third-order valence-electron chi connectivity index (χ3n) is 4.71. The monoisotopic (exact) mass is 411 g/mol. The molecule has 4 aromatic rings. The average Bonchev–Trinajstić information content (AvgIpc) is 3.14. The summed E-state index contributed by atoms with van der Waals surface area (Å²) in [6, 6.07) is 9.26. The summed E-state index contributed by atoms with van der Waals surface area (Å²) in [7, 11) is 3.11. The molecule has 0 fully saturated rings. The van der Waals surface area contributed by atoms with E-state index < -0.39 is 0 Å². The lowest BCUT2D eigenvalue weighted by atomic mass is 10.2. The number of methoxy groups -OCH3 is 2. The summed E-state index contributed by atoms with van der Waals surface area (Å²) >= 11 is 6.40. The first-order valence-electron chi connectivity index (χ1n) is 8.81. The zero-order chi connectivity index (χ0) is 20.5. The Labute approximate surface area is 171 Å². The summed E-state index contributed by atoms with van der Waals surface area (Å²) in [6.45, 7) is 1.88. The van der Waals surface area contributed by atoms with Gasteiger partial charge in [-0.15, -0.1) is 0 Å². The van der Waals surface area contributed by atoms with Crippen LogP contribution >= 0.6 is 11.6 Å². The maximum Gasteiger partial charge on any atom is 0.188 e. The maximum atomic E-state index is 10.9. The molecule has 2 aromatic heterocycles. The fourth-order valence-corrected chi connectivity index (χ4v) is 3.62. The summed E-state index contributed by atoms with van der Waals surface area (Å²) in [5.41, 5.74) is 3.65. The van der Waals surface area contributed by atoms with Crippen molar-refractivity contribution in [1.82, 2.24) is 14.4 Å². The van der Waals surface area contributed by atoms with Crippen LogP contribution in [0.15, 0.2) is 41.7 Å². The lowest BCUT2D eigenvalue weighted by molar-refractivity contribution is 0.358. The smallest absolute Gasteiger partial charge is 0.188 e. The molecule has 0 aliphatic carbocycles. The van der Waals surface area contributed by atoms with Gasteiger partial charge in [-0.25, -0.2) is 9.97 Å². The number of imidazole rings is 1. The van der Waals surface area contributed by atoms with Crippen molar-refractivity contribution in [3.8, 4) is 11.5 Å². The molecule has 0 spiro atoms. The third-order valence-corrected chi connectivity index (χ3v) is 5.03. The lowest BCUT2D eigenvalue weighted by Crippen LogP contribution is -2.04. The quantitative estimate of drug-likeness (QED) is 0.455. The van der Waals surface area contributed by atoms with Crippen molar-refractivity contribution < 1.29 is 9.47 Å². The normalized spacial score (nSPS) is 11.0. The number of nitrogens with zero attached hydrogens (tertiary/aromatic N) is 4. The topological polar surface area (TPSA) is 90.1 Å². The second-order valence-electron chi connectivity index (χ2n) is 6.37. The molecule has 0 atom stereocenters. The standard InChI is InChI=1S/C20H18ClN5O3/c1-11-5-4-6-12(21)17(11)24-20-14-9-22-16(10-23-27)26(14)13-7-8-15(28-2)19(29-3)18(13)25-20/h4-9H,10H2,1-3H3,(H,24,25). The first-order chi connectivity index (χ1) is 14.1. The second-order valence-corrected chi connectivity index (χ2v) is 6.78. The number of nitrogens with one attached hydrogen (secondary N) is 1. The van der Waals surface area contributed by atoms with E-state index in [0.29, 0.717) is 39.2 Å². The lowest BCUT2D eigenvalue weighted by Gasteiger charge is -2.16. The highest BCUT2D eigenvalue weighted by molar-refractivity contribution is 6.33. The molecule has 2 heterocycles. The Kier molecular flexibility index (Phi) is 4.94. The molecule has 0 amide bonds. The highest BCUT2D eigenvalue weighted by Gasteiger charge is 2.19. The molecule has 0 saturated carbocycles. The Morgan fingerprint density at radius 3 is 2.69 bits per heavy atom. The number of hydrogen-bond acceptors (Lipinski definition) is 7. The fourth-order valence-electron chi connectivity index (χ4n) is 3.35. The van der Waals surface area contributed by atoms with Crippen LogP contribution in [0, 0.1) is 11.8 Å². The molecule has 9 heteroatoms. The van der Waals surface area contributed by atoms with Crippen LogP contribution < -0.4 is 14.8 Å². The van der Waals surface area contributed by atoms with E-state index in [0.717, 1.165) is 16.8 Å². The molecule has 1 N–H and O–H groups in total. The summed E-state index contributed by atoms with van der Waals surface area (Å²) in [4.78, 5) is 20.1. The highest BCUT2D eigenvalue weighted by Crippen LogP contribution is 2.38. The molecule has 4 rings (SSSR count). The van der Waals surface area contributed by atoms with Crippen LogP contribution in [0.3, 0.4) is 0 Å². The van der Waals surface area contributed by atoms with Crippen molar-refractivity contribution in [3.63, 3.8) is 0 Å². The van der Waals surface area contributed by atoms with Gasteiger partial charge in [0, 0.05) is 0 Å². The van der Waals surface area contributed by atoms with Gasteiger partial charge in [0.2, 0.25) is 0 Å². The zero-order valence-corrected chi connectivity index (χ0v) is 16.8. The molecule has 0 aliphatic rings. The molecule has 0 unspecified atom stereocenters. The van der Waals surface area contributed by atoms with Crippen LogP contribution in [0.25, 0.3) is 16.6 Å². The summed E-state index contributed by atoms with van der Waals surface area (Å²) in [6.07, 6.45) is 1.65. The first kappa shape index (κ1) is 18.9. The van der Waals surface area contributed by atoms with Crippen molar-refractivity contribution in [2.75, 3.05) is 19.5 Å².